The molecule has 1 aliphatic rings. The molecule has 1 fully saturated rings. The molecule has 1 N–H and O–H groups in total. The third-order valence-electron chi connectivity index (χ3n) is 3.96. The summed E-state index contributed by atoms with van der Waals surface area (Å²) >= 11 is 0. The highest BCUT2D eigenvalue weighted by Gasteiger charge is 2.22. The van der Waals surface area contributed by atoms with Gasteiger partial charge in [-0.3, -0.25) is 0 Å². The average Bonchev–Trinajstić information content (AvgIpc) is 3.00. The van der Waals surface area contributed by atoms with Gasteiger partial charge in [0, 0.05) is 38.2 Å². The molecule has 0 aromatic carbocycles. The molecule has 5 heteroatoms. The molecule has 2 heterocycles. The van der Waals surface area contributed by atoms with Crippen molar-refractivity contribution in [1.82, 2.24) is 9.97 Å². The quantitative estimate of drug-likeness (QED) is 0.837. The zero-order chi connectivity index (χ0) is 15.2. The van der Waals surface area contributed by atoms with E-state index in [2.05, 4.69) is 42.9 Å². The number of nitrogens with one attached hydrogen (secondary N) is 1. The van der Waals surface area contributed by atoms with Crippen molar-refractivity contribution in [3.63, 3.8) is 0 Å². The molecule has 0 bridgehead atoms. The number of hydrogen-bond donors (Lipinski definition) is 1. The lowest BCUT2D eigenvalue weighted by Gasteiger charge is -2.27. The molecule has 1 aromatic rings. The van der Waals surface area contributed by atoms with Crippen LogP contribution in [0.1, 0.15) is 45.0 Å². The highest BCUT2D eigenvalue weighted by molar-refractivity contribution is 5.58. The minimum atomic E-state index is 0.340. The maximum absolute atomic E-state index is 5.78. The van der Waals surface area contributed by atoms with Crippen LogP contribution in [0.2, 0.25) is 0 Å². The van der Waals surface area contributed by atoms with Gasteiger partial charge in [0.15, 0.2) is 0 Å². The summed E-state index contributed by atoms with van der Waals surface area (Å²) in [6, 6.07) is 0. The Kier molecular flexibility index (Phi) is 5.79. The van der Waals surface area contributed by atoms with E-state index in [4.69, 9.17) is 9.72 Å². The Labute approximate surface area is 128 Å². The molecule has 1 aromatic heterocycles. The molecule has 0 radical (unpaired) electrons. The summed E-state index contributed by atoms with van der Waals surface area (Å²) in [6.07, 6.45) is 3.52. The van der Waals surface area contributed by atoms with Gasteiger partial charge >= 0.3 is 0 Å². The van der Waals surface area contributed by atoms with Crippen LogP contribution < -0.4 is 10.2 Å². The Balaban J connectivity index is 2.27. The molecular weight excluding hydrogens is 264 g/mol. The van der Waals surface area contributed by atoms with E-state index in [1.165, 1.54) is 6.42 Å². The predicted molar refractivity (Wildman–Crippen MR) is 87.2 cm³/mol. The number of hydrogen-bond acceptors (Lipinski definition) is 5. The number of aromatic nitrogens is 2. The summed E-state index contributed by atoms with van der Waals surface area (Å²) in [5, 5.41) is 3.35. The van der Waals surface area contributed by atoms with E-state index in [1.807, 2.05) is 0 Å². The van der Waals surface area contributed by atoms with E-state index < -0.39 is 0 Å². The summed E-state index contributed by atoms with van der Waals surface area (Å²) in [5.74, 6) is 2.92. The first-order valence-electron chi connectivity index (χ1n) is 8.17. The topological polar surface area (TPSA) is 50.3 Å². The first-order valence-corrected chi connectivity index (χ1v) is 8.17. The summed E-state index contributed by atoms with van der Waals surface area (Å²) in [6.45, 7) is 12.1. The number of ether oxygens (including phenoxy) is 1. The van der Waals surface area contributed by atoms with Crippen LogP contribution in [0, 0.1) is 6.92 Å². The van der Waals surface area contributed by atoms with Crippen molar-refractivity contribution >= 4 is 11.6 Å². The van der Waals surface area contributed by atoms with E-state index in [0.29, 0.717) is 6.10 Å². The van der Waals surface area contributed by atoms with Gasteiger partial charge in [0.1, 0.15) is 17.5 Å². The van der Waals surface area contributed by atoms with Crippen LogP contribution >= 0.6 is 0 Å². The standard InChI is InChI=1S/C16H28N4O/c1-5-14-18-15(17-6-2)12(4)16(19-14)20(7-3)11-13-9-8-10-21-13/h13H,5-11H2,1-4H3,(H,17,18,19). The average molecular weight is 292 g/mol. The zero-order valence-electron chi connectivity index (χ0n) is 13.8. The lowest BCUT2D eigenvalue weighted by Crippen LogP contribution is -2.33. The molecular formula is C16H28N4O. The fourth-order valence-corrected chi connectivity index (χ4v) is 2.75. The van der Waals surface area contributed by atoms with E-state index >= 15 is 0 Å². The monoisotopic (exact) mass is 292 g/mol. The first-order chi connectivity index (χ1) is 10.2. The van der Waals surface area contributed by atoms with Gasteiger partial charge in [-0.2, -0.15) is 0 Å². The number of nitrogens with zero attached hydrogens (tertiary/aromatic N) is 3. The van der Waals surface area contributed by atoms with Crippen molar-refractivity contribution in [1.29, 1.82) is 0 Å². The summed E-state index contributed by atoms with van der Waals surface area (Å²) in [7, 11) is 0. The van der Waals surface area contributed by atoms with Gasteiger partial charge in [0.2, 0.25) is 0 Å². The Morgan fingerprint density at radius 1 is 1.29 bits per heavy atom. The molecule has 2 rings (SSSR count). The van der Waals surface area contributed by atoms with Gasteiger partial charge in [0.05, 0.1) is 6.10 Å². The molecule has 1 atom stereocenters. The highest BCUT2D eigenvalue weighted by atomic mass is 16.5. The second kappa shape index (κ2) is 7.59. The van der Waals surface area contributed by atoms with Crippen LogP contribution in [0.4, 0.5) is 11.6 Å². The fraction of sp³-hybridized carbons (Fsp3) is 0.750. The maximum Gasteiger partial charge on any atom is 0.137 e. The number of likely N-dealkylation sites (N-methyl/N-ethyl adjacent to an activating group) is 1. The first kappa shape index (κ1) is 16.0. The fourth-order valence-electron chi connectivity index (χ4n) is 2.75. The molecule has 0 spiro atoms. The lowest BCUT2D eigenvalue weighted by atomic mass is 10.2. The Morgan fingerprint density at radius 2 is 2.10 bits per heavy atom. The number of aryl methyl sites for hydroxylation is 1. The van der Waals surface area contributed by atoms with Crippen molar-refractivity contribution in [2.45, 2.75) is 53.1 Å². The van der Waals surface area contributed by atoms with Crippen LogP contribution in [-0.4, -0.2) is 42.3 Å². The van der Waals surface area contributed by atoms with Gasteiger partial charge in [-0.1, -0.05) is 6.92 Å². The van der Waals surface area contributed by atoms with Crippen molar-refractivity contribution in [3.05, 3.63) is 11.4 Å². The van der Waals surface area contributed by atoms with E-state index in [0.717, 1.165) is 62.1 Å². The second-order valence-electron chi connectivity index (χ2n) is 5.49. The molecule has 1 saturated heterocycles. The number of rotatable bonds is 7. The molecule has 0 saturated carbocycles. The second-order valence-corrected chi connectivity index (χ2v) is 5.49. The third-order valence-corrected chi connectivity index (χ3v) is 3.96. The van der Waals surface area contributed by atoms with E-state index in [1.54, 1.807) is 0 Å². The summed E-state index contributed by atoms with van der Waals surface area (Å²) in [5.41, 5.74) is 1.13. The maximum atomic E-state index is 5.78. The predicted octanol–water partition coefficient (Wildman–Crippen LogP) is 2.78. The van der Waals surface area contributed by atoms with Gasteiger partial charge in [-0.05, 0) is 33.6 Å². The van der Waals surface area contributed by atoms with Crippen LogP contribution in [0.5, 0.6) is 0 Å². The van der Waals surface area contributed by atoms with Crippen molar-refractivity contribution in [3.8, 4) is 0 Å². The molecule has 1 unspecified atom stereocenters. The van der Waals surface area contributed by atoms with Crippen LogP contribution in [-0.2, 0) is 11.2 Å². The van der Waals surface area contributed by atoms with Gasteiger partial charge in [0.25, 0.3) is 0 Å². The van der Waals surface area contributed by atoms with Gasteiger partial charge < -0.3 is 15.0 Å². The molecule has 1 aliphatic heterocycles. The van der Waals surface area contributed by atoms with Gasteiger partial charge in [-0.25, -0.2) is 9.97 Å². The SMILES string of the molecule is CCNc1nc(CC)nc(N(CC)CC2CCCO2)c1C. The molecule has 0 aliphatic carbocycles. The minimum absolute atomic E-state index is 0.340. The van der Waals surface area contributed by atoms with Gasteiger partial charge in [-0.15, -0.1) is 0 Å². The molecule has 21 heavy (non-hydrogen) atoms. The van der Waals surface area contributed by atoms with E-state index in [9.17, 15) is 0 Å². The van der Waals surface area contributed by atoms with Crippen LogP contribution in [0.25, 0.3) is 0 Å². The Bertz CT molecular complexity index is 458. The third kappa shape index (κ3) is 3.84. The van der Waals surface area contributed by atoms with Crippen LogP contribution in [0.15, 0.2) is 0 Å². The van der Waals surface area contributed by atoms with Crippen molar-refractivity contribution < 1.29 is 4.74 Å². The van der Waals surface area contributed by atoms with Crippen molar-refractivity contribution in [2.24, 2.45) is 0 Å². The minimum Gasteiger partial charge on any atom is -0.376 e. The normalized spacial score (nSPS) is 18.0. The smallest absolute Gasteiger partial charge is 0.137 e. The number of anilines is 2. The molecule has 0 amide bonds. The van der Waals surface area contributed by atoms with Crippen molar-refractivity contribution in [2.75, 3.05) is 36.5 Å². The van der Waals surface area contributed by atoms with Crippen LogP contribution in [0.3, 0.4) is 0 Å². The summed E-state index contributed by atoms with van der Waals surface area (Å²) < 4.78 is 5.78. The molecule has 5 nitrogen and oxygen atoms in total. The summed E-state index contributed by atoms with van der Waals surface area (Å²) in [4.78, 5) is 11.7. The molecule has 118 valence electrons. The largest absolute Gasteiger partial charge is 0.376 e. The lowest BCUT2D eigenvalue weighted by molar-refractivity contribution is 0.115. The Morgan fingerprint density at radius 3 is 2.67 bits per heavy atom. The Hall–Kier alpha value is -1.36. The highest BCUT2D eigenvalue weighted by Crippen LogP contribution is 2.25. The van der Waals surface area contributed by atoms with E-state index in [-0.39, 0.29) is 0 Å². The zero-order valence-corrected chi connectivity index (χ0v) is 13.8.